The van der Waals surface area contributed by atoms with Crippen LogP contribution < -0.4 is 0 Å². The van der Waals surface area contributed by atoms with Gasteiger partial charge >= 0.3 is 0 Å². The molecule has 0 spiro atoms. The Bertz CT molecular complexity index is 135. The third kappa shape index (κ3) is 0.689. The monoisotopic (exact) mass is 112 g/mol. The highest BCUT2D eigenvalue weighted by molar-refractivity contribution is 5.17. The Labute approximate surface area is 48.4 Å². The summed E-state index contributed by atoms with van der Waals surface area (Å²) < 4.78 is 9.83. The minimum atomic E-state index is 0.318. The molecule has 2 heteroatoms. The number of ether oxygens (including phenoxy) is 2. The largest absolute Gasteiger partial charge is 0.454 e. The van der Waals surface area contributed by atoms with Crippen molar-refractivity contribution in [1.82, 2.24) is 0 Å². The topological polar surface area (TPSA) is 18.5 Å². The fourth-order valence-corrected chi connectivity index (χ4v) is 0.560. The summed E-state index contributed by atoms with van der Waals surface area (Å²) >= 11 is 0. The highest BCUT2D eigenvalue weighted by Gasteiger charge is 2.10. The van der Waals surface area contributed by atoms with Gasteiger partial charge in [0.25, 0.3) is 0 Å². The van der Waals surface area contributed by atoms with Gasteiger partial charge in [-0.2, -0.15) is 0 Å². The Morgan fingerprint density at radius 1 is 1.62 bits per heavy atom. The summed E-state index contributed by atoms with van der Waals surface area (Å²) in [7, 11) is 0. The third-order valence-electron chi connectivity index (χ3n) is 0.985. The molecule has 0 atom stereocenters. The standard InChI is InChI=1S/C6H8O2/c1-3-6-5(2)7-4-8-6/h3H,2,4H2,1H3. The second kappa shape index (κ2) is 1.90. The van der Waals surface area contributed by atoms with Gasteiger partial charge in [0, 0.05) is 0 Å². The minimum Gasteiger partial charge on any atom is -0.454 e. The van der Waals surface area contributed by atoms with Crippen molar-refractivity contribution in [3.63, 3.8) is 0 Å². The SMILES string of the molecule is C=C1OCOC1=CC. The smallest absolute Gasteiger partial charge is 0.231 e. The maximum absolute atomic E-state index is 4.95. The predicted octanol–water partition coefficient (Wildman–Crippen LogP) is 1.41. The van der Waals surface area contributed by atoms with Gasteiger partial charge in [0.05, 0.1) is 0 Å². The Morgan fingerprint density at radius 2 is 2.38 bits per heavy atom. The van der Waals surface area contributed by atoms with Crippen LogP contribution in [-0.4, -0.2) is 6.79 Å². The molecule has 1 aliphatic heterocycles. The molecular formula is C6H8O2. The number of rotatable bonds is 0. The minimum absolute atomic E-state index is 0.318. The zero-order valence-electron chi connectivity index (χ0n) is 4.81. The van der Waals surface area contributed by atoms with E-state index >= 15 is 0 Å². The van der Waals surface area contributed by atoms with Crippen molar-refractivity contribution in [2.45, 2.75) is 6.92 Å². The van der Waals surface area contributed by atoms with E-state index in [1.54, 1.807) is 0 Å². The highest BCUT2D eigenvalue weighted by Crippen LogP contribution is 2.17. The molecule has 44 valence electrons. The Hall–Kier alpha value is -0.920. The lowest BCUT2D eigenvalue weighted by Crippen LogP contribution is -1.76. The highest BCUT2D eigenvalue weighted by atomic mass is 16.7. The van der Waals surface area contributed by atoms with Crippen LogP contribution in [0.1, 0.15) is 6.92 Å². The lowest BCUT2D eigenvalue weighted by molar-refractivity contribution is 0.0979. The lowest BCUT2D eigenvalue weighted by atomic mass is 10.4. The van der Waals surface area contributed by atoms with Gasteiger partial charge in [-0.25, -0.2) is 0 Å². The van der Waals surface area contributed by atoms with Gasteiger partial charge in [0.1, 0.15) is 0 Å². The summed E-state index contributed by atoms with van der Waals surface area (Å²) in [4.78, 5) is 0. The molecule has 1 rings (SSSR count). The maximum Gasteiger partial charge on any atom is 0.231 e. The molecule has 1 fully saturated rings. The molecule has 0 aromatic heterocycles. The quantitative estimate of drug-likeness (QED) is 0.471. The van der Waals surface area contributed by atoms with Crippen LogP contribution in [-0.2, 0) is 9.47 Å². The maximum atomic E-state index is 4.95. The van der Waals surface area contributed by atoms with E-state index < -0.39 is 0 Å². The molecule has 0 bridgehead atoms. The van der Waals surface area contributed by atoms with Crippen LogP contribution >= 0.6 is 0 Å². The molecule has 1 aliphatic rings. The van der Waals surface area contributed by atoms with E-state index in [1.165, 1.54) is 0 Å². The summed E-state index contributed by atoms with van der Waals surface area (Å²) in [5, 5.41) is 0. The molecule has 0 amide bonds. The van der Waals surface area contributed by atoms with Crippen molar-refractivity contribution in [3.8, 4) is 0 Å². The second-order valence-electron chi connectivity index (χ2n) is 1.48. The fourth-order valence-electron chi connectivity index (χ4n) is 0.560. The average molecular weight is 112 g/mol. The summed E-state index contributed by atoms with van der Waals surface area (Å²) in [6.45, 7) is 5.79. The van der Waals surface area contributed by atoms with Crippen molar-refractivity contribution in [2.24, 2.45) is 0 Å². The van der Waals surface area contributed by atoms with E-state index in [0.717, 1.165) is 5.76 Å². The molecule has 8 heavy (non-hydrogen) atoms. The van der Waals surface area contributed by atoms with Gasteiger partial charge in [-0.15, -0.1) is 0 Å². The van der Waals surface area contributed by atoms with E-state index in [9.17, 15) is 0 Å². The van der Waals surface area contributed by atoms with E-state index in [4.69, 9.17) is 9.47 Å². The second-order valence-corrected chi connectivity index (χ2v) is 1.48. The van der Waals surface area contributed by atoms with Gasteiger partial charge in [-0.05, 0) is 13.0 Å². The molecule has 2 nitrogen and oxygen atoms in total. The van der Waals surface area contributed by atoms with Gasteiger partial charge in [0.2, 0.25) is 6.79 Å². The van der Waals surface area contributed by atoms with Gasteiger partial charge in [0.15, 0.2) is 11.5 Å². The van der Waals surface area contributed by atoms with Crippen LogP contribution in [0.2, 0.25) is 0 Å². The summed E-state index contributed by atoms with van der Waals surface area (Å²) in [6.07, 6.45) is 1.83. The lowest BCUT2D eigenvalue weighted by Gasteiger charge is -1.88. The first-order valence-electron chi connectivity index (χ1n) is 2.46. The number of hydrogen-bond donors (Lipinski definition) is 0. The summed E-state index contributed by atoms with van der Waals surface area (Å²) in [5.41, 5.74) is 0. The van der Waals surface area contributed by atoms with Gasteiger partial charge in [-0.1, -0.05) is 6.58 Å². The Morgan fingerprint density at radius 3 is 2.62 bits per heavy atom. The summed E-state index contributed by atoms with van der Waals surface area (Å²) in [6, 6.07) is 0. The van der Waals surface area contributed by atoms with Gasteiger partial charge in [-0.3, -0.25) is 0 Å². The van der Waals surface area contributed by atoms with Crippen molar-refractivity contribution in [1.29, 1.82) is 0 Å². The van der Waals surface area contributed by atoms with Crippen molar-refractivity contribution < 1.29 is 9.47 Å². The third-order valence-corrected chi connectivity index (χ3v) is 0.985. The molecule has 0 radical (unpaired) electrons. The van der Waals surface area contributed by atoms with Crippen LogP contribution in [0, 0.1) is 0 Å². The molecule has 0 saturated carbocycles. The normalized spacial score (nSPS) is 23.1. The van der Waals surface area contributed by atoms with E-state index in [1.807, 2.05) is 13.0 Å². The molecule has 1 saturated heterocycles. The first-order chi connectivity index (χ1) is 3.84. The molecule has 0 aliphatic carbocycles. The van der Waals surface area contributed by atoms with E-state index in [-0.39, 0.29) is 0 Å². The van der Waals surface area contributed by atoms with Gasteiger partial charge < -0.3 is 9.47 Å². The fraction of sp³-hybridized carbons (Fsp3) is 0.333. The van der Waals surface area contributed by atoms with E-state index in [0.29, 0.717) is 12.6 Å². The summed E-state index contributed by atoms with van der Waals surface area (Å²) in [5.74, 6) is 1.39. The van der Waals surface area contributed by atoms with E-state index in [2.05, 4.69) is 6.58 Å². The van der Waals surface area contributed by atoms with Crippen LogP contribution in [0.5, 0.6) is 0 Å². The molecule has 0 aromatic rings. The average Bonchev–Trinajstić information content (AvgIpc) is 2.14. The zero-order valence-corrected chi connectivity index (χ0v) is 4.81. The molecular weight excluding hydrogens is 104 g/mol. The number of allylic oxidation sites excluding steroid dienone is 1. The van der Waals surface area contributed by atoms with Crippen LogP contribution in [0.15, 0.2) is 24.2 Å². The Balaban J connectivity index is 2.69. The Kier molecular flexibility index (Phi) is 1.24. The van der Waals surface area contributed by atoms with Crippen molar-refractivity contribution >= 4 is 0 Å². The van der Waals surface area contributed by atoms with Crippen LogP contribution in [0.25, 0.3) is 0 Å². The van der Waals surface area contributed by atoms with Crippen LogP contribution in [0.3, 0.4) is 0 Å². The predicted molar refractivity (Wildman–Crippen MR) is 29.9 cm³/mol. The molecule has 1 heterocycles. The van der Waals surface area contributed by atoms with Crippen molar-refractivity contribution in [3.05, 3.63) is 24.2 Å². The van der Waals surface area contributed by atoms with Crippen molar-refractivity contribution in [2.75, 3.05) is 6.79 Å². The zero-order chi connectivity index (χ0) is 5.98. The van der Waals surface area contributed by atoms with Crippen LogP contribution in [0.4, 0.5) is 0 Å². The molecule has 0 unspecified atom stereocenters. The molecule has 0 aromatic carbocycles. The number of hydrogen-bond acceptors (Lipinski definition) is 2. The first kappa shape index (κ1) is 5.22. The first-order valence-corrected chi connectivity index (χ1v) is 2.46. The molecule has 0 N–H and O–H groups in total.